The second kappa shape index (κ2) is 3.60. The number of rotatable bonds is 2. The van der Waals surface area contributed by atoms with Crippen LogP contribution in [0.3, 0.4) is 0 Å². The minimum absolute atomic E-state index is 0.993. The summed E-state index contributed by atoms with van der Waals surface area (Å²) in [6, 6.07) is 0. The molecule has 0 fully saturated rings. The van der Waals surface area contributed by atoms with Crippen molar-refractivity contribution in [3.63, 3.8) is 0 Å². The Morgan fingerprint density at radius 1 is 1.42 bits per heavy atom. The molecule has 0 saturated heterocycles. The number of aromatic nitrogens is 2. The van der Waals surface area contributed by atoms with E-state index in [2.05, 4.69) is 31.9 Å². The highest BCUT2D eigenvalue weighted by molar-refractivity contribution is 9.09. The molecule has 1 aromatic rings. The van der Waals surface area contributed by atoms with E-state index in [1.807, 2.05) is 0 Å². The van der Waals surface area contributed by atoms with Crippen LogP contribution < -0.4 is 0 Å². The summed E-state index contributed by atoms with van der Waals surface area (Å²) in [5.74, 6) is 0. The summed E-state index contributed by atoms with van der Waals surface area (Å²) in [5, 5.41) is 5.52. The monoisotopic (exact) mass is 228 g/mol. The molecule has 0 radical (unpaired) electrons. The molecule has 1 heterocycles. The predicted octanol–water partition coefficient (Wildman–Crippen LogP) is 2.16. The van der Waals surface area contributed by atoms with Crippen molar-refractivity contribution in [1.29, 1.82) is 0 Å². The zero-order chi connectivity index (χ0) is 8.39. The smallest absolute Gasteiger partial charge is 0.0656 e. The summed E-state index contributed by atoms with van der Waals surface area (Å²) in [5.41, 5.74) is 2.81. The minimum atomic E-state index is 0.993. The first-order valence-corrected chi connectivity index (χ1v) is 5.63. The van der Waals surface area contributed by atoms with Gasteiger partial charge in [-0.3, -0.25) is 4.68 Å². The molecule has 0 bridgehead atoms. The average Bonchev–Trinajstić information content (AvgIpc) is 2.47. The first kappa shape index (κ1) is 8.30. The van der Waals surface area contributed by atoms with E-state index in [-0.39, 0.29) is 0 Å². The Kier molecular flexibility index (Phi) is 2.49. The van der Waals surface area contributed by atoms with Crippen LogP contribution in [0.5, 0.6) is 0 Å². The molecule has 1 aliphatic rings. The number of halogens is 1. The maximum absolute atomic E-state index is 4.53. The van der Waals surface area contributed by atoms with Crippen LogP contribution in [0.25, 0.3) is 0 Å². The molecule has 2 nitrogen and oxygen atoms in total. The molecule has 1 aliphatic carbocycles. The summed E-state index contributed by atoms with van der Waals surface area (Å²) in [6.07, 6.45) is 7.28. The Balaban J connectivity index is 2.20. The number of fused-ring (bicyclic) bond motifs is 1. The van der Waals surface area contributed by atoms with Crippen LogP contribution in [0, 0.1) is 0 Å². The number of hydrogen-bond acceptors (Lipinski definition) is 1. The number of aryl methyl sites for hydroxylation is 3. The highest BCUT2D eigenvalue weighted by Crippen LogP contribution is 2.19. The van der Waals surface area contributed by atoms with Crippen molar-refractivity contribution in [3.8, 4) is 0 Å². The van der Waals surface area contributed by atoms with Gasteiger partial charge in [0, 0.05) is 11.5 Å². The molecule has 12 heavy (non-hydrogen) atoms. The summed E-state index contributed by atoms with van der Waals surface area (Å²) in [6.45, 7) is 0.993. The fraction of sp³-hybridized carbons (Fsp3) is 0.667. The molecule has 0 unspecified atom stereocenters. The zero-order valence-corrected chi connectivity index (χ0v) is 8.68. The van der Waals surface area contributed by atoms with Crippen molar-refractivity contribution in [2.24, 2.45) is 0 Å². The molecule has 0 aromatic carbocycles. The molecule has 66 valence electrons. The highest BCUT2D eigenvalue weighted by atomic mass is 79.9. The predicted molar refractivity (Wildman–Crippen MR) is 52.7 cm³/mol. The van der Waals surface area contributed by atoms with Gasteiger partial charge in [0.25, 0.3) is 0 Å². The maximum atomic E-state index is 4.53. The van der Waals surface area contributed by atoms with Crippen molar-refractivity contribution in [2.75, 3.05) is 5.33 Å². The molecule has 0 aliphatic heterocycles. The second-order valence-electron chi connectivity index (χ2n) is 3.26. The van der Waals surface area contributed by atoms with Gasteiger partial charge in [-0.2, -0.15) is 5.10 Å². The third kappa shape index (κ3) is 1.56. The van der Waals surface area contributed by atoms with Gasteiger partial charge < -0.3 is 0 Å². The molecule has 0 atom stereocenters. The molecule has 0 N–H and O–H groups in total. The van der Waals surface area contributed by atoms with E-state index in [1.54, 1.807) is 0 Å². The van der Waals surface area contributed by atoms with Gasteiger partial charge in [0.1, 0.15) is 0 Å². The molecule has 2 rings (SSSR count). The molecule has 0 amide bonds. The largest absolute Gasteiger partial charge is 0.271 e. The van der Waals surface area contributed by atoms with Crippen molar-refractivity contribution in [3.05, 3.63) is 17.5 Å². The van der Waals surface area contributed by atoms with Gasteiger partial charge in [0.05, 0.1) is 12.2 Å². The maximum Gasteiger partial charge on any atom is 0.0656 e. The normalized spacial score (nSPS) is 16.1. The lowest BCUT2D eigenvalue weighted by atomic mass is 9.99. The summed E-state index contributed by atoms with van der Waals surface area (Å²) >= 11 is 3.42. The van der Waals surface area contributed by atoms with Gasteiger partial charge in [0.2, 0.25) is 0 Å². The average molecular weight is 229 g/mol. The fourth-order valence-electron chi connectivity index (χ4n) is 1.73. The molecule has 3 heteroatoms. The molecular formula is C9H13BrN2. The third-order valence-electron chi connectivity index (χ3n) is 2.35. The van der Waals surface area contributed by atoms with Crippen molar-refractivity contribution < 1.29 is 0 Å². The van der Waals surface area contributed by atoms with E-state index in [0.717, 1.165) is 11.9 Å². The minimum Gasteiger partial charge on any atom is -0.271 e. The van der Waals surface area contributed by atoms with Gasteiger partial charge >= 0.3 is 0 Å². The Morgan fingerprint density at radius 2 is 2.25 bits per heavy atom. The lowest BCUT2D eigenvalue weighted by molar-refractivity contribution is 0.637. The van der Waals surface area contributed by atoms with Gasteiger partial charge in [0.15, 0.2) is 0 Å². The van der Waals surface area contributed by atoms with Crippen molar-refractivity contribution >= 4 is 15.9 Å². The van der Waals surface area contributed by atoms with Crippen LogP contribution in [0.1, 0.15) is 24.1 Å². The van der Waals surface area contributed by atoms with Crippen LogP contribution in [-0.4, -0.2) is 15.1 Å². The standard InChI is InChI=1S/C9H13BrN2/c10-5-6-12-7-8-3-1-2-4-9(8)11-12/h7H,1-6H2. The van der Waals surface area contributed by atoms with E-state index < -0.39 is 0 Å². The van der Waals surface area contributed by atoms with Crippen LogP contribution in [0.15, 0.2) is 6.20 Å². The van der Waals surface area contributed by atoms with Crippen LogP contribution in [0.2, 0.25) is 0 Å². The summed E-state index contributed by atoms with van der Waals surface area (Å²) < 4.78 is 2.06. The van der Waals surface area contributed by atoms with Gasteiger partial charge in [-0.25, -0.2) is 0 Å². The van der Waals surface area contributed by atoms with E-state index in [1.165, 1.54) is 36.9 Å². The van der Waals surface area contributed by atoms with Crippen LogP contribution >= 0.6 is 15.9 Å². The Labute approximate surface area is 81.1 Å². The van der Waals surface area contributed by atoms with Gasteiger partial charge in [-0.05, 0) is 31.2 Å². The first-order valence-electron chi connectivity index (χ1n) is 4.51. The molecular weight excluding hydrogens is 216 g/mol. The highest BCUT2D eigenvalue weighted by Gasteiger charge is 2.12. The quantitative estimate of drug-likeness (QED) is 0.710. The number of nitrogens with zero attached hydrogens (tertiary/aromatic N) is 2. The lowest BCUT2D eigenvalue weighted by Crippen LogP contribution is -2.01. The van der Waals surface area contributed by atoms with E-state index in [4.69, 9.17) is 0 Å². The fourth-order valence-corrected chi connectivity index (χ4v) is 2.09. The van der Waals surface area contributed by atoms with E-state index >= 15 is 0 Å². The lowest BCUT2D eigenvalue weighted by Gasteiger charge is -2.06. The zero-order valence-electron chi connectivity index (χ0n) is 7.09. The van der Waals surface area contributed by atoms with Crippen molar-refractivity contribution in [1.82, 2.24) is 9.78 Å². The SMILES string of the molecule is BrCCn1cc2c(n1)CCCC2. The topological polar surface area (TPSA) is 17.8 Å². The van der Waals surface area contributed by atoms with Crippen LogP contribution in [0.4, 0.5) is 0 Å². The number of hydrogen-bond donors (Lipinski definition) is 0. The van der Waals surface area contributed by atoms with Crippen molar-refractivity contribution in [2.45, 2.75) is 32.2 Å². The van der Waals surface area contributed by atoms with Gasteiger partial charge in [-0.15, -0.1) is 0 Å². The van der Waals surface area contributed by atoms with Crippen LogP contribution in [-0.2, 0) is 19.4 Å². The number of alkyl halides is 1. The Morgan fingerprint density at radius 3 is 3.00 bits per heavy atom. The molecule has 0 spiro atoms. The Bertz CT molecular complexity index is 244. The Hall–Kier alpha value is -0.310. The second-order valence-corrected chi connectivity index (χ2v) is 4.05. The first-order chi connectivity index (χ1) is 5.90. The third-order valence-corrected chi connectivity index (χ3v) is 2.70. The summed E-state index contributed by atoms with van der Waals surface area (Å²) in [4.78, 5) is 0. The summed E-state index contributed by atoms with van der Waals surface area (Å²) in [7, 11) is 0. The van der Waals surface area contributed by atoms with Gasteiger partial charge in [-0.1, -0.05) is 15.9 Å². The molecule has 0 saturated carbocycles. The van der Waals surface area contributed by atoms with E-state index in [9.17, 15) is 0 Å². The molecule has 1 aromatic heterocycles. The van der Waals surface area contributed by atoms with E-state index in [0.29, 0.717) is 0 Å².